The number of hydrazone groups is 1. The van der Waals surface area contributed by atoms with Gasteiger partial charge >= 0.3 is 5.97 Å². The summed E-state index contributed by atoms with van der Waals surface area (Å²) < 4.78 is 15.7. The monoisotopic (exact) mass is 372 g/mol. The van der Waals surface area contributed by atoms with E-state index >= 15 is 0 Å². The van der Waals surface area contributed by atoms with Crippen molar-refractivity contribution < 1.29 is 23.8 Å². The summed E-state index contributed by atoms with van der Waals surface area (Å²) in [6, 6.07) is 5.57. The number of hydrogen-bond acceptors (Lipinski definition) is 6. The van der Waals surface area contributed by atoms with E-state index in [0.29, 0.717) is 17.9 Å². The van der Waals surface area contributed by atoms with Gasteiger partial charge in [0.05, 0.1) is 32.5 Å². The quantitative estimate of drug-likeness (QED) is 0.566. The maximum Gasteiger partial charge on any atom is 0.327 e. The zero-order chi connectivity index (χ0) is 19.4. The summed E-state index contributed by atoms with van der Waals surface area (Å²) >= 11 is 0. The highest BCUT2D eigenvalue weighted by Crippen LogP contribution is 2.36. The maximum atomic E-state index is 12.8. The predicted molar refractivity (Wildman–Crippen MR) is 99.8 cm³/mol. The topological polar surface area (TPSA) is 77.4 Å². The van der Waals surface area contributed by atoms with Crippen LogP contribution in [0.3, 0.4) is 0 Å². The SMILES string of the molecule is CCOC(=O)CN1N=C(c2ccc(OC)c(OC)c2)C2CC=CCC2C1=O. The van der Waals surface area contributed by atoms with Crippen molar-refractivity contribution in [3.63, 3.8) is 0 Å². The molecule has 2 unspecified atom stereocenters. The minimum absolute atomic E-state index is 0.0287. The van der Waals surface area contributed by atoms with E-state index in [-0.39, 0.29) is 30.9 Å². The number of rotatable bonds is 6. The Morgan fingerprint density at radius 3 is 2.52 bits per heavy atom. The van der Waals surface area contributed by atoms with Crippen LogP contribution in [0.5, 0.6) is 11.5 Å². The summed E-state index contributed by atoms with van der Waals surface area (Å²) in [5.41, 5.74) is 1.62. The van der Waals surface area contributed by atoms with E-state index in [1.165, 1.54) is 5.01 Å². The minimum Gasteiger partial charge on any atom is -0.493 e. The minimum atomic E-state index is -0.467. The fourth-order valence-corrected chi connectivity index (χ4v) is 3.54. The Morgan fingerprint density at radius 1 is 1.15 bits per heavy atom. The molecule has 27 heavy (non-hydrogen) atoms. The van der Waals surface area contributed by atoms with Crippen molar-refractivity contribution >= 4 is 17.6 Å². The fourth-order valence-electron chi connectivity index (χ4n) is 3.54. The standard InChI is InChI=1S/C20H24N2O5/c1-4-27-18(23)12-22-20(24)15-8-6-5-7-14(15)19(21-22)13-9-10-16(25-2)17(11-13)26-3/h5-6,9-11,14-15H,4,7-8,12H2,1-3H3. The molecule has 2 aliphatic rings. The molecule has 0 fully saturated rings. The number of fused-ring (bicyclic) bond motifs is 1. The van der Waals surface area contributed by atoms with Crippen LogP contribution in [0.25, 0.3) is 0 Å². The molecule has 144 valence electrons. The van der Waals surface area contributed by atoms with Gasteiger partial charge in [-0.3, -0.25) is 9.59 Å². The van der Waals surface area contributed by atoms with Gasteiger partial charge in [0.2, 0.25) is 5.91 Å². The molecule has 0 radical (unpaired) electrons. The molecule has 0 saturated carbocycles. The van der Waals surface area contributed by atoms with E-state index in [2.05, 4.69) is 11.2 Å². The number of nitrogens with zero attached hydrogens (tertiary/aromatic N) is 2. The van der Waals surface area contributed by atoms with Crippen LogP contribution in [0.4, 0.5) is 0 Å². The smallest absolute Gasteiger partial charge is 0.327 e. The number of carbonyl (C=O) groups is 2. The summed E-state index contributed by atoms with van der Waals surface area (Å²) in [5.74, 6) is 0.350. The van der Waals surface area contributed by atoms with Gasteiger partial charge in [-0.1, -0.05) is 12.2 Å². The van der Waals surface area contributed by atoms with Crippen LogP contribution in [0.15, 0.2) is 35.5 Å². The van der Waals surface area contributed by atoms with Gasteiger partial charge in [0, 0.05) is 11.5 Å². The highest BCUT2D eigenvalue weighted by molar-refractivity contribution is 6.07. The van der Waals surface area contributed by atoms with Crippen molar-refractivity contribution in [2.45, 2.75) is 19.8 Å². The van der Waals surface area contributed by atoms with Crippen molar-refractivity contribution in [2.24, 2.45) is 16.9 Å². The Kier molecular flexibility index (Phi) is 5.78. The van der Waals surface area contributed by atoms with E-state index in [1.807, 2.05) is 24.3 Å². The normalized spacial score (nSPS) is 21.4. The van der Waals surface area contributed by atoms with Crippen LogP contribution in [-0.2, 0) is 14.3 Å². The lowest BCUT2D eigenvalue weighted by molar-refractivity contribution is -0.151. The Bertz CT molecular complexity index is 787. The van der Waals surface area contributed by atoms with Gasteiger partial charge in [0.1, 0.15) is 6.54 Å². The van der Waals surface area contributed by atoms with Crippen LogP contribution >= 0.6 is 0 Å². The van der Waals surface area contributed by atoms with E-state index in [1.54, 1.807) is 21.1 Å². The lowest BCUT2D eigenvalue weighted by Crippen LogP contribution is -2.47. The molecule has 7 heteroatoms. The third kappa shape index (κ3) is 3.82. The summed E-state index contributed by atoms with van der Waals surface area (Å²) in [5, 5.41) is 5.78. The summed E-state index contributed by atoms with van der Waals surface area (Å²) in [6.07, 6.45) is 5.46. The molecule has 1 aromatic rings. The number of hydrogen-bond donors (Lipinski definition) is 0. The third-order valence-electron chi connectivity index (χ3n) is 4.85. The number of carbonyl (C=O) groups excluding carboxylic acids is 2. The first-order valence-corrected chi connectivity index (χ1v) is 9.01. The zero-order valence-electron chi connectivity index (χ0n) is 15.8. The van der Waals surface area contributed by atoms with Gasteiger partial charge in [-0.25, -0.2) is 5.01 Å². The molecule has 0 N–H and O–H groups in total. The molecular weight excluding hydrogens is 348 g/mol. The lowest BCUT2D eigenvalue weighted by atomic mass is 9.76. The van der Waals surface area contributed by atoms with Crippen LogP contribution in [0.1, 0.15) is 25.3 Å². The van der Waals surface area contributed by atoms with E-state index in [0.717, 1.165) is 17.7 Å². The highest BCUT2D eigenvalue weighted by atomic mass is 16.5. The Balaban J connectivity index is 2.00. The van der Waals surface area contributed by atoms with Crippen LogP contribution in [0, 0.1) is 11.8 Å². The number of amides is 1. The predicted octanol–water partition coefficient (Wildman–Crippen LogP) is 2.40. The average Bonchev–Trinajstić information content (AvgIpc) is 2.70. The number of methoxy groups -OCH3 is 2. The van der Waals surface area contributed by atoms with Gasteiger partial charge in [-0.05, 0) is 38.0 Å². The number of allylic oxidation sites excluding steroid dienone is 2. The number of esters is 1. The van der Waals surface area contributed by atoms with Crippen molar-refractivity contribution in [3.8, 4) is 11.5 Å². The first kappa shape index (κ1) is 18.9. The molecular formula is C20H24N2O5. The first-order chi connectivity index (χ1) is 13.1. The van der Waals surface area contributed by atoms with E-state index < -0.39 is 5.97 Å². The first-order valence-electron chi connectivity index (χ1n) is 9.01. The lowest BCUT2D eigenvalue weighted by Gasteiger charge is -2.36. The molecule has 1 aromatic carbocycles. The molecule has 1 aliphatic carbocycles. The summed E-state index contributed by atoms with van der Waals surface area (Å²) in [7, 11) is 3.16. The molecule has 2 atom stereocenters. The Hall–Kier alpha value is -2.83. The second-order valence-electron chi connectivity index (χ2n) is 6.41. The van der Waals surface area contributed by atoms with Gasteiger partial charge in [-0.15, -0.1) is 0 Å². The molecule has 1 heterocycles. The summed E-state index contributed by atoms with van der Waals surface area (Å²) in [6.45, 7) is 1.81. The van der Waals surface area contributed by atoms with E-state index in [4.69, 9.17) is 14.2 Å². The van der Waals surface area contributed by atoms with Crippen molar-refractivity contribution in [1.82, 2.24) is 5.01 Å². The van der Waals surface area contributed by atoms with Crippen LogP contribution in [-0.4, -0.2) is 50.0 Å². The number of benzene rings is 1. The molecule has 7 nitrogen and oxygen atoms in total. The molecule has 0 bridgehead atoms. The molecule has 3 rings (SSSR count). The molecule has 1 aliphatic heterocycles. The molecule has 0 spiro atoms. The highest BCUT2D eigenvalue weighted by Gasteiger charge is 2.40. The van der Waals surface area contributed by atoms with Gasteiger partial charge < -0.3 is 14.2 Å². The van der Waals surface area contributed by atoms with Gasteiger partial charge in [0.25, 0.3) is 0 Å². The largest absolute Gasteiger partial charge is 0.493 e. The fraction of sp³-hybridized carbons (Fsp3) is 0.450. The molecule has 1 amide bonds. The summed E-state index contributed by atoms with van der Waals surface area (Å²) in [4.78, 5) is 24.7. The molecule has 0 aromatic heterocycles. The second-order valence-corrected chi connectivity index (χ2v) is 6.41. The number of ether oxygens (including phenoxy) is 3. The van der Waals surface area contributed by atoms with Crippen molar-refractivity contribution in [3.05, 3.63) is 35.9 Å². The average molecular weight is 372 g/mol. The maximum absolute atomic E-state index is 12.8. The second kappa shape index (κ2) is 8.24. The molecule has 0 saturated heterocycles. The Labute approximate surface area is 158 Å². The third-order valence-corrected chi connectivity index (χ3v) is 4.85. The van der Waals surface area contributed by atoms with Crippen LogP contribution < -0.4 is 9.47 Å². The Morgan fingerprint density at radius 2 is 1.85 bits per heavy atom. The van der Waals surface area contributed by atoms with Crippen molar-refractivity contribution in [1.29, 1.82) is 0 Å². The van der Waals surface area contributed by atoms with Crippen LogP contribution in [0.2, 0.25) is 0 Å². The van der Waals surface area contributed by atoms with Gasteiger partial charge in [-0.2, -0.15) is 5.10 Å². The van der Waals surface area contributed by atoms with Crippen molar-refractivity contribution in [2.75, 3.05) is 27.4 Å². The zero-order valence-corrected chi connectivity index (χ0v) is 15.8. The van der Waals surface area contributed by atoms with E-state index in [9.17, 15) is 9.59 Å². The van der Waals surface area contributed by atoms with Gasteiger partial charge in [0.15, 0.2) is 11.5 Å².